The van der Waals surface area contributed by atoms with Gasteiger partial charge in [0.05, 0.1) is 17.4 Å². The van der Waals surface area contributed by atoms with Gasteiger partial charge in [0, 0.05) is 17.3 Å². The molecule has 0 aliphatic heterocycles. The first-order valence-electron chi connectivity index (χ1n) is 8.32. The van der Waals surface area contributed by atoms with Gasteiger partial charge in [0.2, 0.25) is 5.13 Å². The average Bonchev–Trinajstić information content (AvgIpc) is 3.09. The highest BCUT2D eigenvalue weighted by molar-refractivity contribution is 7.17. The molecule has 0 aliphatic rings. The fourth-order valence-electron chi connectivity index (χ4n) is 2.65. The first-order valence-corrected chi connectivity index (χ1v) is 9.14. The zero-order valence-electron chi connectivity index (χ0n) is 15.5. The van der Waals surface area contributed by atoms with Gasteiger partial charge in [-0.25, -0.2) is 18.8 Å². The number of carbonyl (C=O) groups excluding carboxylic acids is 1. The van der Waals surface area contributed by atoms with Crippen LogP contribution in [0.1, 0.15) is 26.4 Å². The molecule has 29 heavy (non-hydrogen) atoms. The highest BCUT2D eigenvalue weighted by Gasteiger charge is 2.17. The Balaban J connectivity index is 1.85. The standard InChI is InChI=1S/C19H17F2N5O2S/c1-8-3-4-13(27)9(2)16(8)25-18(28)14-7-24-19(29-14)26-17(23)15-11(21)5-10(20)6-12(15)22/h3-7,27H,22H2,1-2H3,(H,25,28)(H2,23,24,26). The minimum absolute atomic E-state index is 0.0622. The predicted octanol–water partition coefficient (Wildman–Crippen LogP) is 3.62. The molecule has 1 amide bonds. The molecule has 10 heteroatoms. The number of aromatic hydroxyl groups is 1. The number of amidine groups is 1. The number of thiazole rings is 1. The molecule has 0 aliphatic carbocycles. The number of aliphatic imine (C=N–C) groups is 1. The fraction of sp³-hybridized carbons (Fsp3) is 0.105. The summed E-state index contributed by atoms with van der Waals surface area (Å²) in [6.45, 7) is 3.48. The number of carbonyl (C=O) groups is 1. The van der Waals surface area contributed by atoms with E-state index in [4.69, 9.17) is 11.5 Å². The lowest BCUT2D eigenvalue weighted by atomic mass is 10.1. The molecule has 3 rings (SSSR count). The number of hydrogen-bond acceptors (Lipinski definition) is 6. The monoisotopic (exact) mass is 417 g/mol. The van der Waals surface area contributed by atoms with Crippen molar-refractivity contribution in [3.63, 3.8) is 0 Å². The summed E-state index contributed by atoms with van der Waals surface area (Å²) < 4.78 is 27.1. The molecular weight excluding hydrogens is 400 g/mol. The van der Waals surface area contributed by atoms with Gasteiger partial charge in [-0.05, 0) is 31.5 Å². The van der Waals surface area contributed by atoms with Gasteiger partial charge in [0.25, 0.3) is 5.91 Å². The number of nitrogens with zero attached hydrogens (tertiary/aromatic N) is 2. The number of phenols is 1. The predicted molar refractivity (Wildman–Crippen MR) is 109 cm³/mol. The summed E-state index contributed by atoms with van der Waals surface area (Å²) in [4.78, 5) is 20.7. The van der Waals surface area contributed by atoms with Crippen LogP contribution < -0.4 is 16.8 Å². The second kappa shape index (κ2) is 7.84. The Kier molecular flexibility index (Phi) is 5.46. The smallest absolute Gasteiger partial charge is 0.267 e. The Hall–Kier alpha value is -3.53. The third kappa shape index (κ3) is 4.16. The van der Waals surface area contributed by atoms with Gasteiger partial charge in [-0.15, -0.1) is 0 Å². The van der Waals surface area contributed by atoms with E-state index in [1.807, 2.05) is 0 Å². The molecule has 6 N–H and O–H groups in total. The van der Waals surface area contributed by atoms with Crippen LogP contribution in [-0.4, -0.2) is 21.8 Å². The van der Waals surface area contributed by atoms with Crippen molar-refractivity contribution >= 4 is 39.6 Å². The molecular formula is C19H17F2N5O2S. The lowest BCUT2D eigenvalue weighted by Crippen LogP contribution is -2.17. The van der Waals surface area contributed by atoms with E-state index >= 15 is 0 Å². The summed E-state index contributed by atoms with van der Waals surface area (Å²) in [5.41, 5.74) is 12.8. The third-order valence-corrected chi connectivity index (χ3v) is 5.05. The summed E-state index contributed by atoms with van der Waals surface area (Å²) in [7, 11) is 0. The highest BCUT2D eigenvalue weighted by Crippen LogP contribution is 2.30. The minimum atomic E-state index is -0.951. The molecule has 3 aromatic rings. The second-order valence-corrected chi connectivity index (χ2v) is 7.22. The van der Waals surface area contributed by atoms with E-state index in [1.165, 1.54) is 6.20 Å². The first kappa shape index (κ1) is 20.2. The maximum absolute atomic E-state index is 14.0. The molecule has 0 radical (unpaired) electrons. The fourth-order valence-corrected chi connectivity index (χ4v) is 3.34. The van der Waals surface area contributed by atoms with E-state index in [1.54, 1.807) is 26.0 Å². The minimum Gasteiger partial charge on any atom is -0.508 e. The molecule has 0 saturated heterocycles. The number of nitrogens with one attached hydrogen (secondary N) is 1. The number of nitrogens with two attached hydrogens (primary N) is 2. The Bertz CT molecular complexity index is 1120. The van der Waals surface area contributed by atoms with Crippen LogP contribution in [0, 0.1) is 25.5 Å². The van der Waals surface area contributed by atoms with E-state index in [2.05, 4.69) is 15.3 Å². The number of nitrogen functional groups attached to an aromatic ring is 1. The van der Waals surface area contributed by atoms with Gasteiger partial charge in [-0.2, -0.15) is 0 Å². The molecule has 0 saturated carbocycles. The summed E-state index contributed by atoms with van der Waals surface area (Å²) in [6, 6.07) is 4.81. The maximum atomic E-state index is 14.0. The Morgan fingerprint density at radius 3 is 2.69 bits per heavy atom. The zero-order chi connectivity index (χ0) is 21.3. The van der Waals surface area contributed by atoms with E-state index < -0.39 is 17.5 Å². The van der Waals surface area contributed by atoms with Crippen LogP contribution >= 0.6 is 11.3 Å². The van der Waals surface area contributed by atoms with Crippen molar-refractivity contribution in [1.82, 2.24) is 4.98 Å². The van der Waals surface area contributed by atoms with Gasteiger partial charge in [0.1, 0.15) is 28.1 Å². The van der Waals surface area contributed by atoms with Crippen LogP contribution in [0.3, 0.4) is 0 Å². The summed E-state index contributed by atoms with van der Waals surface area (Å²) >= 11 is 0.924. The number of anilines is 2. The normalized spacial score (nSPS) is 11.5. The first-order chi connectivity index (χ1) is 13.7. The van der Waals surface area contributed by atoms with Gasteiger partial charge in [-0.1, -0.05) is 17.4 Å². The Morgan fingerprint density at radius 2 is 2.00 bits per heavy atom. The zero-order valence-corrected chi connectivity index (χ0v) is 16.3. The van der Waals surface area contributed by atoms with Crippen molar-refractivity contribution in [1.29, 1.82) is 0 Å². The average molecular weight is 417 g/mol. The number of rotatable bonds is 4. The molecule has 1 heterocycles. The third-order valence-electron chi connectivity index (χ3n) is 4.16. The largest absolute Gasteiger partial charge is 0.508 e. The van der Waals surface area contributed by atoms with Crippen molar-refractivity contribution in [3.8, 4) is 5.75 Å². The molecule has 1 aromatic heterocycles. The van der Waals surface area contributed by atoms with Crippen LogP contribution in [0.15, 0.2) is 35.5 Å². The number of hydrogen-bond donors (Lipinski definition) is 4. The summed E-state index contributed by atoms with van der Waals surface area (Å²) in [6.07, 6.45) is 1.30. The number of aryl methyl sites for hydroxylation is 1. The van der Waals surface area contributed by atoms with E-state index in [0.717, 1.165) is 23.0 Å². The lowest BCUT2D eigenvalue weighted by molar-refractivity contribution is 0.103. The maximum Gasteiger partial charge on any atom is 0.267 e. The second-order valence-electron chi connectivity index (χ2n) is 6.21. The highest BCUT2D eigenvalue weighted by atomic mass is 32.1. The lowest BCUT2D eigenvalue weighted by Gasteiger charge is -2.11. The molecule has 0 atom stereocenters. The van der Waals surface area contributed by atoms with Gasteiger partial charge in [-0.3, -0.25) is 4.79 Å². The van der Waals surface area contributed by atoms with E-state index in [9.17, 15) is 18.7 Å². The Labute approximate surface area is 168 Å². The number of halogens is 2. The van der Waals surface area contributed by atoms with E-state index in [0.29, 0.717) is 17.3 Å². The molecule has 0 spiro atoms. The molecule has 150 valence electrons. The summed E-state index contributed by atoms with van der Waals surface area (Å²) in [5.74, 6) is -2.46. The topological polar surface area (TPSA) is 127 Å². The van der Waals surface area contributed by atoms with Gasteiger partial charge >= 0.3 is 0 Å². The van der Waals surface area contributed by atoms with Crippen molar-refractivity contribution in [3.05, 3.63) is 63.7 Å². The Morgan fingerprint density at radius 1 is 1.28 bits per heavy atom. The van der Waals surface area contributed by atoms with Crippen molar-refractivity contribution in [2.45, 2.75) is 13.8 Å². The molecule has 0 unspecified atom stereocenters. The van der Waals surface area contributed by atoms with Crippen molar-refractivity contribution in [2.24, 2.45) is 10.7 Å². The van der Waals surface area contributed by atoms with Crippen LogP contribution in [0.4, 0.5) is 25.3 Å². The SMILES string of the molecule is Cc1ccc(O)c(C)c1NC(=O)c1cnc(/N=C(\N)c2c(N)cc(F)cc2F)s1. The number of benzene rings is 2. The van der Waals surface area contributed by atoms with Crippen LogP contribution in [-0.2, 0) is 0 Å². The molecule has 0 fully saturated rings. The quantitative estimate of drug-likeness (QED) is 0.293. The molecule has 7 nitrogen and oxygen atoms in total. The summed E-state index contributed by atoms with van der Waals surface area (Å²) in [5, 5.41) is 12.7. The van der Waals surface area contributed by atoms with Gasteiger partial charge < -0.3 is 21.9 Å². The number of amides is 1. The van der Waals surface area contributed by atoms with Crippen molar-refractivity contribution < 1.29 is 18.7 Å². The number of phenolic OH excluding ortho intramolecular Hbond substituents is 1. The molecule has 2 aromatic carbocycles. The molecule has 0 bridgehead atoms. The van der Waals surface area contributed by atoms with E-state index in [-0.39, 0.29) is 32.8 Å². The van der Waals surface area contributed by atoms with Crippen LogP contribution in [0.25, 0.3) is 0 Å². The van der Waals surface area contributed by atoms with Crippen LogP contribution in [0.5, 0.6) is 5.75 Å². The number of aromatic nitrogens is 1. The van der Waals surface area contributed by atoms with Crippen LogP contribution in [0.2, 0.25) is 0 Å². The van der Waals surface area contributed by atoms with Gasteiger partial charge in [0.15, 0.2) is 0 Å². The van der Waals surface area contributed by atoms with Crippen molar-refractivity contribution in [2.75, 3.05) is 11.1 Å².